The third-order valence-corrected chi connectivity index (χ3v) is 5.92. The SMILES string of the molecule is C/C=C1\CCC2CC(C(C)CCC)CCC12C.CN. The third-order valence-electron chi connectivity index (χ3n) is 5.92. The van der Waals surface area contributed by atoms with E-state index >= 15 is 0 Å². The normalized spacial score (nSPS) is 37.5. The van der Waals surface area contributed by atoms with Crippen LogP contribution >= 0.6 is 0 Å². The second-order valence-corrected chi connectivity index (χ2v) is 6.77. The van der Waals surface area contributed by atoms with Crippen molar-refractivity contribution >= 4 is 0 Å². The molecule has 2 fully saturated rings. The summed E-state index contributed by atoms with van der Waals surface area (Å²) in [6.45, 7) is 9.61. The van der Waals surface area contributed by atoms with Crippen LogP contribution in [0.5, 0.6) is 0 Å². The number of hydrogen-bond donors (Lipinski definition) is 1. The zero-order valence-corrected chi connectivity index (χ0v) is 13.8. The molecule has 2 aliphatic carbocycles. The summed E-state index contributed by atoms with van der Waals surface area (Å²) in [6.07, 6.45) is 12.5. The molecule has 0 spiro atoms. The van der Waals surface area contributed by atoms with Crippen LogP contribution < -0.4 is 5.73 Å². The molecule has 2 rings (SSSR count). The second kappa shape index (κ2) is 7.47. The van der Waals surface area contributed by atoms with E-state index in [9.17, 15) is 0 Å². The molecule has 0 bridgehead atoms. The molecular weight excluding hydrogens is 230 g/mol. The molecule has 0 aromatic heterocycles. The Morgan fingerprint density at radius 2 is 2.05 bits per heavy atom. The maximum Gasteiger partial charge on any atom is -0.00879 e. The first kappa shape index (κ1) is 16.8. The number of nitrogens with two attached hydrogens (primary N) is 1. The zero-order valence-electron chi connectivity index (χ0n) is 13.8. The van der Waals surface area contributed by atoms with Gasteiger partial charge in [0.05, 0.1) is 0 Å². The molecule has 4 unspecified atom stereocenters. The van der Waals surface area contributed by atoms with Gasteiger partial charge in [-0.25, -0.2) is 0 Å². The van der Waals surface area contributed by atoms with Crippen LogP contribution in [-0.2, 0) is 0 Å². The van der Waals surface area contributed by atoms with Crippen LogP contribution in [0.2, 0.25) is 0 Å². The van der Waals surface area contributed by atoms with Crippen molar-refractivity contribution < 1.29 is 0 Å². The molecule has 0 radical (unpaired) electrons. The predicted molar refractivity (Wildman–Crippen MR) is 86.1 cm³/mol. The molecule has 2 aliphatic rings. The minimum Gasteiger partial charge on any atom is -0.333 e. The first-order valence-corrected chi connectivity index (χ1v) is 8.35. The van der Waals surface area contributed by atoms with Crippen molar-refractivity contribution in [2.45, 2.75) is 72.6 Å². The lowest BCUT2D eigenvalue weighted by Gasteiger charge is -2.43. The lowest BCUT2D eigenvalue weighted by atomic mass is 9.62. The van der Waals surface area contributed by atoms with Gasteiger partial charge in [0.15, 0.2) is 0 Å². The summed E-state index contributed by atoms with van der Waals surface area (Å²) in [5.74, 6) is 2.97. The van der Waals surface area contributed by atoms with Gasteiger partial charge in [0.2, 0.25) is 0 Å². The minimum absolute atomic E-state index is 0.581. The van der Waals surface area contributed by atoms with Gasteiger partial charge in [-0.1, -0.05) is 45.3 Å². The Morgan fingerprint density at radius 1 is 1.37 bits per heavy atom. The van der Waals surface area contributed by atoms with Crippen molar-refractivity contribution in [1.29, 1.82) is 0 Å². The highest BCUT2D eigenvalue weighted by Crippen LogP contribution is 2.57. The quantitative estimate of drug-likeness (QED) is 0.701. The van der Waals surface area contributed by atoms with Crippen molar-refractivity contribution in [3.05, 3.63) is 11.6 Å². The molecule has 0 saturated heterocycles. The number of rotatable bonds is 3. The molecule has 0 aromatic carbocycles. The van der Waals surface area contributed by atoms with E-state index in [-0.39, 0.29) is 0 Å². The summed E-state index contributed by atoms with van der Waals surface area (Å²) in [5.41, 5.74) is 6.85. The van der Waals surface area contributed by atoms with E-state index in [0.29, 0.717) is 5.41 Å². The molecule has 2 saturated carbocycles. The van der Waals surface area contributed by atoms with E-state index in [2.05, 4.69) is 39.5 Å². The van der Waals surface area contributed by atoms with Crippen molar-refractivity contribution in [2.75, 3.05) is 7.05 Å². The van der Waals surface area contributed by atoms with E-state index in [1.807, 2.05) is 0 Å². The Bertz CT molecular complexity index is 294. The van der Waals surface area contributed by atoms with Gasteiger partial charge in [0.1, 0.15) is 0 Å². The minimum atomic E-state index is 0.581. The number of fused-ring (bicyclic) bond motifs is 1. The fraction of sp³-hybridized carbons (Fsp3) is 0.889. The maximum atomic E-state index is 4.50. The van der Waals surface area contributed by atoms with Crippen LogP contribution in [0.15, 0.2) is 11.6 Å². The number of allylic oxidation sites excluding steroid dienone is 2. The first-order chi connectivity index (χ1) is 9.11. The fourth-order valence-electron chi connectivity index (χ4n) is 4.59. The first-order valence-electron chi connectivity index (χ1n) is 8.35. The summed E-state index contributed by atoms with van der Waals surface area (Å²) in [7, 11) is 1.50. The van der Waals surface area contributed by atoms with Crippen LogP contribution in [-0.4, -0.2) is 7.05 Å². The van der Waals surface area contributed by atoms with Crippen molar-refractivity contribution in [3.63, 3.8) is 0 Å². The van der Waals surface area contributed by atoms with Gasteiger partial charge in [-0.05, 0) is 69.2 Å². The van der Waals surface area contributed by atoms with Crippen LogP contribution in [0.25, 0.3) is 0 Å². The average Bonchev–Trinajstić information content (AvgIpc) is 2.76. The molecule has 0 aromatic rings. The van der Waals surface area contributed by atoms with E-state index in [1.54, 1.807) is 5.57 Å². The molecule has 1 nitrogen and oxygen atoms in total. The Balaban J connectivity index is 0.000000861. The number of hydrogen-bond acceptors (Lipinski definition) is 1. The van der Waals surface area contributed by atoms with Crippen LogP contribution in [0, 0.1) is 23.2 Å². The predicted octanol–water partition coefficient (Wildman–Crippen LogP) is 5.16. The van der Waals surface area contributed by atoms with Gasteiger partial charge < -0.3 is 5.73 Å². The highest BCUT2D eigenvalue weighted by molar-refractivity contribution is 5.21. The van der Waals surface area contributed by atoms with Gasteiger partial charge in [-0.2, -0.15) is 0 Å². The fourth-order valence-corrected chi connectivity index (χ4v) is 4.59. The van der Waals surface area contributed by atoms with Gasteiger partial charge in [-0.15, -0.1) is 0 Å². The van der Waals surface area contributed by atoms with Crippen molar-refractivity contribution in [2.24, 2.45) is 28.9 Å². The summed E-state index contributed by atoms with van der Waals surface area (Å²) in [5, 5.41) is 0. The lowest BCUT2D eigenvalue weighted by molar-refractivity contribution is 0.107. The molecule has 0 aliphatic heterocycles. The van der Waals surface area contributed by atoms with Crippen LogP contribution in [0.1, 0.15) is 72.6 Å². The Hall–Kier alpha value is -0.300. The van der Waals surface area contributed by atoms with Gasteiger partial charge >= 0.3 is 0 Å². The summed E-state index contributed by atoms with van der Waals surface area (Å²) in [6, 6.07) is 0. The molecule has 0 amide bonds. The monoisotopic (exact) mass is 265 g/mol. The van der Waals surface area contributed by atoms with Gasteiger partial charge in [0.25, 0.3) is 0 Å². The average molecular weight is 265 g/mol. The molecule has 1 heteroatoms. The van der Waals surface area contributed by atoms with E-state index < -0.39 is 0 Å². The molecule has 19 heavy (non-hydrogen) atoms. The second-order valence-electron chi connectivity index (χ2n) is 6.77. The largest absolute Gasteiger partial charge is 0.333 e. The molecule has 2 N–H and O–H groups in total. The Labute approximate surface area is 121 Å². The summed E-state index contributed by atoms with van der Waals surface area (Å²) >= 11 is 0. The van der Waals surface area contributed by atoms with Crippen LogP contribution in [0.3, 0.4) is 0 Å². The Kier molecular flexibility index (Phi) is 6.59. The zero-order chi connectivity index (χ0) is 14.5. The van der Waals surface area contributed by atoms with E-state index in [0.717, 1.165) is 17.8 Å². The third kappa shape index (κ3) is 3.42. The summed E-state index contributed by atoms with van der Waals surface area (Å²) < 4.78 is 0. The van der Waals surface area contributed by atoms with Gasteiger partial charge in [-0.3, -0.25) is 0 Å². The smallest absolute Gasteiger partial charge is 0.00879 e. The lowest BCUT2D eigenvalue weighted by Crippen LogP contribution is -2.33. The molecular formula is C18H35N. The maximum absolute atomic E-state index is 4.50. The standard InChI is InChI=1S/C17H30.CH5N/c1-5-7-13(3)14-10-11-17(4)15(6-2)8-9-16(17)12-14;1-2/h6,13-14,16H,5,7-12H2,1-4H3;2H2,1H3/b15-6+;. The van der Waals surface area contributed by atoms with E-state index in [4.69, 9.17) is 0 Å². The molecule has 112 valence electrons. The van der Waals surface area contributed by atoms with Crippen molar-refractivity contribution in [3.8, 4) is 0 Å². The highest BCUT2D eigenvalue weighted by atomic mass is 14.5. The van der Waals surface area contributed by atoms with Gasteiger partial charge in [0, 0.05) is 0 Å². The molecule has 0 heterocycles. The highest BCUT2D eigenvalue weighted by Gasteiger charge is 2.46. The molecule has 4 atom stereocenters. The van der Waals surface area contributed by atoms with Crippen LogP contribution in [0.4, 0.5) is 0 Å². The Morgan fingerprint density at radius 3 is 2.63 bits per heavy atom. The summed E-state index contributed by atoms with van der Waals surface area (Å²) in [4.78, 5) is 0. The van der Waals surface area contributed by atoms with Crippen molar-refractivity contribution in [1.82, 2.24) is 0 Å². The van der Waals surface area contributed by atoms with E-state index in [1.165, 1.54) is 52.0 Å². The topological polar surface area (TPSA) is 26.0 Å².